The third-order valence-electron chi connectivity index (χ3n) is 4.16. The Kier molecular flexibility index (Phi) is 2.92. The third-order valence-corrected chi connectivity index (χ3v) is 4.16. The van der Waals surface area contributed by atoms with E-state index >= 15 is 0 Å². The molecule has 0 amide bonds. The van der Waals surface area contributed by atoms with Crippen LogP contribution in [0.5, 0.6) is 0 Å². The summed E-state index contributed by atoms with van der Waals surface area (Å²) in [6.45, 7) is 2.31. The topological polar surface area (TPSA) is 3.24 Å². The number of hydrogen-bond acceptors (Lipinski definition) is 1. The second-order valence-electron chi connectivity index (χ2n) is 5.03. The first-order chi connectivity index (χ1) is 6.31. The van der Waals surface area contributed by atoms with Crippen molar-refractivity contribution >= 4 is 0 Å². The van der Waals surface area contributed by atoms with E-state index in [2.05, 4.69) is 18.9 Å². The minimum absolute atomic E-state index is 0.945. The molecule has 0 aliphatic carbocycles. The van der Waals surface area contributed by atoms with Gasteiger partial charge >= 0.3 is 0 Å². The molecular weight excluding hydrogens is 158 g/mol. The monoisotopic (exact) mass is 181 g/mol. The average Bonchev–Trinajstić information content (AvgIpc) is 2.41. The normalized spacial score (nSPS) is 39.7. The maximum Gasteiger partial charge on any atom is 0.00983 e. The van der Waals surface area contributed by atoms with E-state index in [0.717, 1.165) is 18.0 Å². The molecule has 2 atom stereocenters. The Morgan fingerprint density at radius 2 is 1.77 bits per heavy atom. The van der Waals surface area contributed by atoms with Gasteiger partial charge in [0.1, 0.15) is 0 Å². The van der Waals surface area contributed by atoms with Crippen molar-refractivity contribution in [1.29, 1.82) is 0 Å². The van der Waals surface area contributed by atoms with E-state index in [4.69, 9.17) is 0 Å². The lowest BCUT2D eigenvalue weighted by Gasteiger charge is -2.36. The highest BCUT2D eigenvalue weighted by Crippen LogP contribution is 2.39. The fourth-order valence-electron chi connectivity index (χ4n) is 3.25. The molecule has 0 saturated carbocycles. The summed E-state index contributed by atoms with van der Waals surface area (Å²) in [4.78, 5) is 2.64. The van der Waals surface area contributed by atoms with E-state index in [0.29, 0.717) is 0 Å². The molecule has 76 valence electrons. The highest BCUT2D eigenvalue weighted by atomic mass is 15.2. The minimum Gasteiger partial charge on any atom is -0.300 e. The molecule has 2 fully saturated rings. The second-order valence-corrected chi connectivity index (χ2v) is 5.03. The summed E-state index contributed by atoms with van der Waals surface area (Å²) < 4.78 is 0. The molecule has 2 unspecified atom stereocenters. The molecule has 0 aromatic carbocycles. The predicted octanol–water partition coefficient (Wildman–Crippen LogP) is 3.05. The average molecular weight is 181 g/mol. The molecule has 0 spiro atoms. The molecule has 2 bridgehead atoms. The molecule has 0 aromatic heterocycles. The molecule has 0 radical (unpaired) electrons. The summed E-state index contributed by atoms with van der Waals surface area (Å²) in [5, 5.41) is 0. The zero-order valence-electron chi connectivity index (χ0n) is 9.13. The van der Waals surface area contributed by atoms with E-state index in [1.807, 2.05) is 0 Å². The van der Waals surface area contributed by atoms with Crippen LogP contribution in [0.2, 0.25) is 0 Å². The Balaban J connectivity index is 1.84. The summed E-state index contributed by atoms with van der Waals surface area (Å²) in [6.07, 6.45) is 10.3. The van der Waals surface area contributed by atoms with Crippen LogP contribution in [0.15, 0.2) is 0 Å². The van der Waals surface area contributed by atoms with Crippen LogP contribution in [0.25, 0.3) is 0 Å². The quantitative estimate of drug-likeness (QED) is 0.647. The Morgan fingerprint density at radius 1 is 1.15 bits per heavy atom. The van der Waals surface area contributed by atoms with Crippen LogP contribution < -0.4 is 0 Å². The van der Waals surface area contributed by atoms with Crippen LogP contribution in [0.1, 0.15) is 51.9 Å². The van der Waals surface area contributed by atoms with Gasteiger partial charge in [0.15, 0.2) is 0 Å². The number of piperidine rings is 1. The highest BCUT2D eigenvalue weighted by molar-refractivity contribution is 4.93. The van der Waals surface area contributed by atoms with Crippen molar-refractivity contribution in [3.63, 3.8) is 0 Å². The van der Waals surface area contributed by atoms with Crippen molar-refractivity contribution in [2.75, 3.05) is 7.05 Å². The summed E-state index contributed by atoms with van der Waals surface area (Å²) >= 11 is 0. The lowest BCUT2D eigenvalue weighted by atomic mass is 9.87. The van der Waals surface area contributed by atoms with Gasteiger partial charge in [-0.3, -0.25) is 0 Å². The van der Waals surface area contributed by atoms with Crippen LogP contribution in [0.4, 0.5) is 0 Å². The van der Waals surface area contributed by atoms with Crippen LogP contribution in [0, 0.1) is 5.92 Å². The van der Waals surface area contributed by atoms with Crippen molar-refractivity contribution in [3.8, 4) is 0 Å². The van der Waals surface area contributed by atoms with Crippen LogP contribution in [-0.2, 0) is 0 Å². The number of unbranched alkanes of at least 4 members (excludes halogenated alkanes) is 1. The van der Waals surface area contributed by atoms with Crippen molar-refractivity contribution in [1.82, 2.24) is 4.90 Å². The van der Waals surface area contributed by atoms with Crippen LogP contribution >= 0.6 is 0 Å². The molecule has 1 nitrogen and oxygen atoms in total. The lowest BCUT2D eigenvalue weighted by molar-refractivity contribution is 0.128. The Hall–Kier alpha value is -0.0400. The van der Waals surface area contributed by atoms with Gasteiger partial charge < -0.3 is 4.90 Å². The zero-order chi connectivity index (χ0) is 9.26. The van der Waals surface area contributed by atoms with Gasteiger partial charge in [-0.05, 0) is 38.6 Å². The summed E-state index contributed by atoms with van der Waals surface area (Å²) in [7, 11) is 2.33. The van der Waals surface area contributed by atoms with Gasteiger partial charge in [0.25, 0.3) is 0 Å². The lowest BCUT2D eigenvalue weighted by Crippen LogP contribution is -2.39. The summed E-state index contributed by atoms with van der Waals surface area (Å²) in [6, 6.07) is 1.89. The minimum atomic E-state index is 0.945. The second kappa shape index (κ2) is 4.00. The molecule has 2 saturated heterocycles. The van der Waals surface area contributed by atoms with Crippen LogP contribution in [-0.4, -0.2) is 24.0 Å². The molecular formula is C12H23N. The van der Waals surface area contributed by atoms with Gasteiger partial charge in [0.2, 0.25) is 0 Å². The van der Waals surface area contributed by atoms with Gasteiger partial charge in [-0.1, -0.05) is 26.2 Å². The molecule has 1 heteroatoms. The summed E-state index contributed by atoms with van der Waals surface area (Å²) in [5.74, 6) is 1.06. The van der Waals surface area contributed by atoms with Crippen molar-refractivity contribution in [2.45, 2.75) is 64.0 Å². The molecule has 2 rings (SSSR count). The Morgan fingerprint density at radius 3 is 2.31 bits per heavy atom. The maximum absolute atomic E-state index is 2.64. The Labute approximate surface area is 82.5 Å². The molecule has 2 heterocycles. The molecule has 0 N–H and O–H groups in total. The molecule has 2 aliphatic rings. The zero-order valence-corrected chi connectivity index (χ0v) is 9.13. The van der Waals surface area contributed by atoms with Crippen LogP contribution in [0.3, 0.4) is 0 Å². The number of hydrogen-bond donors (Lipinski definition) is 0. The fourth-order valence-corrected chi connectivity index (χ4v) is 3.25. The van der Waals surface area contributed by atoms with E-state index in [1.165, 1.54) is 44.9 Å². The van der Waals surface area contributed by atoms with Gasteiger partial charge in [0.05, 0.1) is 0 Å². The van der Waals surface area contributed by atoms with Crippen molar-refractivity contribution < 1.29 is 0 Å². The Bertz CT molecular complexity index is 153. The first-order valence-corrected chi connectivity index (χ1v) is 6.03. The first-order valence-electron chi connectivity index (χ1n) is 6.03. The van der Waals surface area contributed by atoms with E-state index < -0.39 is 0 Å². The fraction of sp³-hybridized carbons (Fsp3) is 1.00. The summed E-state index contributed by atoms with van der Waals surface area (Å²) in [5.41, 5.74) is 0. The van der Waals surface area contributed by atoms with Gasteiger partial charge in [-0.2, -0.15) is 0 Å². The number of rotatable bonds is 3. The number of fused-ring (bicyclic) bond motifs is 2. The largest absolute Gasteiger partial charge is 0.300 e. The standard InChI is InChI=1S/C12H23N/c1-3-4-5-10-8-11-6-7-12(9-10)13(11)2/h10-12H,3-9H2,1-2H3. The first kappa shape index (κ1) is 9.51. The van der Waals surface area contributed by atoms with E-state index in [1.54, 1.807) is 0 Å². The van der Waals surface area contributed by atoms with Gasteiger partial charge in [-0.15, -0.1) is 0 Å². The molecule has 2 aliphatic heterocycles. The van der Waals surface area contributed by atoms with Crippen molar-refractivity contribution in [3.05, 3.63) is 0 Å². The van der Waals surface area contributed by atoms with Gasteiger partial charge in [-0.25, -0.2) is 0 Å². The van der Waals surface area contributed by atoms with E-state index in [-0.39, 0.29) is 0 Å². The third kappa shape index (κ3) is 1.90. The maximum atomic E-state index is 2.64. The van der Waals surface area contributed by atoms with Crippen molar-refractivity contribution in [2.24, 2.45) is 5.92 Å². The molecule has 0 aromatic rings. The molecule has 13 heavy (non-hydrogen) atoms. The predicted molar refractivity (Wildman–Crippen MR) is 56.8 cm³/mol. The number of nitrogens with zero attached hydrogens (tertiary/aromatic N) is 1. The highest BCUT2D eigenvalue weighted by Gasteiger charge is 2.37. The smallest absolute Gasteiger partial charge is 0.00983 e. The van der Waals surface area contributed by atoms with Gasteiger partial charge in [0, 0.05) is 12.1 Å². The van der Waals surface area contributed by atoms with E-state index in [9.17, 15) is 0 Å². The SMILES string of the molecule is CCCCC1CC2CCC(C1)N2C.